The van der Waals surface area contributed by atoms with Crippen LogP contribution in [0.4, 0.5) is 4.39 Å². The van der Waals surface area contributed by atoms with Crippen LogP contribution in [0.1, 0.15) is 24.8 Å². The van der Waals surface area contributed by atoms with E-state index in [0.29, 0.717) is 38.9 Å². The number of likely N-dealkylation sites (N-methyl/N-ethyl adjacent to an activating group) is 1. The topological polar surface area (TPSA) is 87.2 Å². The Morgan fingerprint density at radius 1 is 1.41 bits per heavy atom. The van der Waals surface area contributed by atoms with Crippen molar-refractivity contribution in [2.45, 2.75) is 31.8 Å². The number of cyclic esters (lactones) is 1. The third-order valence-electron chi connectivity index (χ3n) is 5.36. The highest BCUT2D eigenvalue weighted by molar-refractivity contribution is 6.31. The van der Waals surface area contributed by atoms with Gasteiger partial charge in [0.15, 0.2) is 0 Å². The normalized spacial score (nSPS) is 20.2. The van der Waals surface area contributed by atoms with E-state index in [1.165, 1.54) is 12.1 Å². The summed E-state index contributed by atoms with van der Waals surface area (Å²) in [7, 11) is 3.90. The van der Waals surface area contributed by atoms with Crippen LogP contribution >= 0.6 is 11.6 Å². The van der Waals surface area contributed by atoms with Gasteiger partial charge in [0.05, 0.1) is 11.8 Å². The molecule has 1 atom stereocenters. The summed E-state index contributed by atoms with van der Waals surface area (Å²) in [5.74, 6) is -0.776. The van der Waals surface area contributed by atoms with Gasteiger partial charge in [-0.15, -0.1) is 0 Å². The standard InChI is InChI=1S/C19H24ClFN2O3.CH2O2/c1-22(2)12-13-11-19(18(25)26-13)6-8-23(9-7-19)17(24)10-14-15(20)4-3-5-16(14)21;2-1-3/h3-5,13H,6-12H2,1-2H3;1H,(H,2,3). The van der Waals surface area contributed by atoms with Gasteiger partial charge in [-0.2, -0.15) is 0 Å². The van der Waals surface area contributed by atoms with E-state index >= 15 is 0 Å². The molecule has 0 saturated carbocycles. The van der Waals surface area contributed by atoms with E-state index in [-0.39, 0.29) is 41.5 Å². The average Bonchev–Trinajstić information content (AvgIpc) is 2.93. The molecule has 1 aromatic rings. The van der Waals surface area contributed by atoms with Crippen LogP contribution in [0.25, 0.3) is 0 Å². The molecule has 1 amide bonds. The highest BCUT2D eigenvalue weighted by Crippen LogP contribution is 2.43. The molecule has 0 radical (unpaired) electrons. The van der Waals surface area contributed by atoms with Gasteiger partial charge in [0.1, 0.15) is 11.9 Å². The van der Waals surface area contributed by atoms with Gasteiger partial charge in [-0.25, -0.2) is 4.39 Å². The Labute approximate surface area is 174 Å². The highest BCUT2D eigenvalue weighted by Gasteiger charge is 2.50. The number of carbonyl (C=O) groups is 3. The van der Waals surface area contributed by atoms with Crippen molar-refractivity contribution in [3.05, 3.63) is 34.6 Å². The number of halogens is 2. The molecule has 2 aliphatic heterocycles. The molecule has 2 saturated heterocycles. The minimum Gasteiger partial charge on any atom is -0.483 e. The third-order valence-corrected chi connectivity index (χ3v) is 5.71. The lowest BCUT2D eigenvalue weighted by Crippen LogP contribution is -2.45. The minimum absolute atomic E-state index is 0.0633. The third kappa shape index (κ3) is 5.67. The lowest BCUT2D eigenvalue weighted by Gasteiger charge is -2.36. The van der Waals surface area contributed by atoms with Crippen LogP contribution in [0.2, 0.25) is 5.02 Å². The molecule has 0 aliphatic carbocycles. The van der Waals surface area contributed by atoms with E-state index in [0.717, 1.165) is 0 Å². The van der Waals surface area contributed by atoms with Crippen LogP contribution in [-0.2, 0) is 25.5 Å². The Morgan fingerprint density at radius 3 is 2.59 bits per heavy atom. The lowest BCUT2D eigenvalue weighted by atomic mass is 9.76. The summed E-state index contributed by atoms with van der Waals surface area (Å²) in [6.07, 6.45) is 1.73. The van der Waals surface area contributed by atoms with Crippen molar-refractivity contribution in [3.63, 3.8) is 0 Å². The fourth-order valence-electron chi connectivity index (χ4n) is 3.90. The lowest BCUT2D eigenvalue weighted by molar-refractivity contribution is -0.152. The second-order valence-electron chi connectivity index (χ2n) is 7.64. The molecule has 1 N–H and O–H groups in total. The fraction of sp³-hybridized carbons (Fsp3) is 0.550. The number of nitrogens with zero attached hydrogens (tertiary/aromatic N) is 2. The zero-order valence-electron chi connectivity index (χ0n) is 16.6. The van der Waals surface area contributed by atoms with E-state index in [2.05, 4.69) is 0 Å². The van der Waals surface area contributed by atoms with Crippen LogP contribution in [0.3, 0.4) is 0 Å². The number of ether oxygens (including phenoxy) is 1. The van der Waals surface area contributed by atoms with Gasteiger partial charge >= 0.3 is 5.97 Å². The SMILES string of the molecule is CN(C)CC1CC2(CCN(C(=O)Cc3c(F)cccc3Cl)CC2)C(=O)O1.O=CO. The van der Waals surface area contributed by atoms with Crippen LogP contribution in [-0.4, -0.2) is 73.1 Å². The summed E-state index contributed by atoms with van der Waals surface area (Å²) in [6.45, 7) is 1.42. The summed E-state index contributed by atoms with van der Waals surface area (Å²) in [6, 6.07) is 4.41. The van der Waals surface area contributed by atoms with Crippen molar-refractivity contribution < 1.29 is 28.6 Å². The van der Waals surface area contributed by atoms with Gasteiger partial charge in [0, 0.05) is 36.6 Å². The number of carbonyl (C=O) groups excluding carboxylic acids is 2. The minimum atomic E-state index is -0.479. The number of carboxylic acid groups (broad SMARTS) is 1. The molecule has 1 aromatic carbocycles. The average molecular weight is 429 g/mol. The first-order valence-corrected chi connectivity index (χ1v) is 9.74. The van der Waals surface area contributed by atoms with Gasteiger partial charge in [0.25, 0.3) is 6.47 Å². The summed E-state index contributed by atoms with van der Waals surface area (Å²) in [5.41, 5.74) is -0.251. The summed E-state index contributed by atoms with van der Waals surface area (Å²) in [4.78, 5) is 37.0. The molecule has 0 aromatic heterocycles. The van der Waals surface area contributed by atoms with Gasteiger partial charge < -0.3 is 19.6 Å². The van der Waals surface area contributed by atoms with E-state index in [9.17, 15) is 14.0 Å². The first-order valence-electron chi connectivity index (χ1n) is 9.36. The van der Waals surface area contributed by atoms with Crippen LogP contribution in [0, 0.1) is 11.2 Å². The molecule has 1 unspecified atom stereocenters. The molecule has 7 nitrogen and oxygen atoms in total. The number of rotatable bonds is 4. The predicted molar refractivity (Wildman–Crippen MR) is 105 cm³/mol. The fourth-order valence-corrected chi connectivity index (χ4v) is 4.13. The van der Waals surface area contributed by atoms with Crippen LogP contribution < -0.4 is 0 Å². The smallest absolute Gasteiger partial charge is 0.312 e. The summed E-state index contributed by atoms with van der Waals surface area (Å²) in [5, 5.41) is 7.15. The molecule has 3 rings (SSSR count). The molecule has 2 aliphatic rings. The Kier molecular flexibility index (Phi) is 7.98. The largest absolute Gasteiger partial charge is 0.483 e. The molecule has 0 bridgehead atoms. The maximum atomic E-state index is 13.9. The molecule has 1 spiro atoms. The number of hydrogen-bond acceptors (Lipinski definition) is 5. The number of piperidine rings is 1. The van der Waals surface area contributed by atoms with Gasteiger partial charge in [-0.3, -0.25) is 14.4 Å². The second kappa shape index (κ2) is 10.0. The molecule has 9 heteroatoms. The van der Waals surface area contributed by atoms with E-state index < -0.39 is 11.2 Å². The Bertz CT molecular complexity index is 730. The molecule has 2 heterocycles. The van der Waals surface area contributed by atoms with E-state index in [4.69, 9.17) is 26.2 Å². The predicted octanol–water partition coefficient (Wildman–Crippen LogP) is 2.21. The van der Waals surface area contributed by atoms with Crippen molar-refractivity contribution in [3.8, 4) is 0 Å². The Morgan fingerprint density at radius 2 is 2.03 bits per heavy atom. The van der Waals surface area contributed by atoms with Gasteiger partial charge in [0.2, 0.25) is 5.91 Å². The molecular weight excluding hydrogens is 403 g/mol. The van der Waals surface area contributed by atoms with Crippen molar-refractivity contribution in [1.82, 2.24) is 9.80 Å². The quantitative estimate of drug-likeness (QED) is 0.584. The number of amides is 1. The zero-order valence-corrected chi connectivity index (χ0v) is 17.3. The van der Waals surface area contributed by atoms with Crippen LogP contribution in [0.15, 0.2) is 18.2 Å². The molecule has 160 valence electrons. The second-order valence-corrected chi connectivity index (χ2v) is 8.04. The van der Waals surface area contributed by atoms with Crippen molar-refractivity contribution in [2.24, 2.45) is 5.41 Å². The maximum Gasteiger partial charge on any atom is 0.312 e. The molecule has 29 heavy (non-hydrogen) atoms. The van der Waals surface area contributed by atoms with Crippen molar-refractivity contribution in [1.29, 1.82) is 0 Å². The van der Waals surface area contributed by atoms with Crippen molar-refractivity contribution in [2.75, 3.05) is 33.7 Å². The Hall–Kier alpha value is -2.19. The first-order chi connectivity index (χ1) is 13.7. The number of likely N-dealkylation sites (tertiary alicyclic amines) is 1. The molecular formula is C20H26ClFN2O5. The summed E-state index contributed by atoms with van der Waals surface area (Å²) >= 11 is 6.01. The van der Waals surface area contributed by atoms with E-state index in [1.807, 2.05) is 19.0 Å². The molecule has 2 fully saturated rings. The van der Waals surface area contributed by atoms with Gasteiger partial charge in [-0.1, -0.05) is 17.7 Å². The number of hydrogen-bond donors (Lipinski definition) is 1. The van der Waals surface area contributed by atoms with Gasteiger partial charge in [-0.05, 0) is 39.1 Å². The van der Waals surface area contributed by atoms with Crippen LogP contribution in [0.5, 0.6) is 0 Å². The number of esters is 1. The van der Waals surface area contributed by atoms with E-state index in [1.54, 1.807) is 11.0 Å². The van der Waals surface area contributed by atoms with Crippen molar-refractivity contribution >= 4 is 29.9 Å². The summed E-state index contributed by atoms with van der Waals surface area (Å²) < 4.78 is 19.4. The highest BCUT2D eigenvalue weighted by atomic mass is 35.5. The monoisotopic (exact) mass is 428 g/mol. The maximum absolute atomic E-state index is 13.9. The zero-order chi connectivity index (χ0) is 21.6. The number of benzene rings is 1. The Balaban J connectivity index is 0.000000941. The first kappa shape index (κ1) is 23.1.